The van der Waals surface area contributed by atoms with E-state index < -0.39 is 16.5 Å². The Kier molecular flexibility index (Phi) is 13.1. The normalized spacial score (nSPS) is 11.6. The van der Waals surface area contributed by atoms with Crippen LogP contribution in [0.3, 0.4) is 0 Å². The molecule has 0 amide bonds. The Bertz CT molecular complexity index is 235. The topological polar surface area (TPSA) is 26.3 Å². The first-order valence-electron chi connectivity index (χ1n) is 7.55. The van der Waals surface area contributed by atoms with Crippen LogP contribution < -0.4 is 0 Å². The van der Waals surface area contributed by atoms with Gasteiger partial charge in [-0.1, -0.05) is 0 Å². The first-order chi connectivity index (χ1) is 8.98. The first kappa shape index (κ1) is 19.8. The van der Waals surface area contributed by atoms with E-state index in [0.29, 0.717) is 4.44 Å². The van der Waals surface area contributed by atoms with Crippen LogP contribution in [0.1, 0.15) is 78.1 Å². The Balaban J connectivity index is 3.28. The molecule has 0 aliphatic carbocycles. The van der Waals surface area contributed by atoms with Gasteiger partial charge in [0.1, 0.15) is 0 Å². The fourth-order valence-electron chi connectivity index (χ4n) is 2.08. The Morgan fingerprint density at radius 1 is 0.895 bits per heavy atom. The molecule has 0 radical (unpaired) electrons. The Morgan fingerprint density at radius 3 is 1.74 bits per heavy atom. The predicted molar refractivity (Wildman–Crippen MR) is 85.9 cm³/mol. The Hall–Kier alpha value is 0.849. The molecule has 0 fully saturated rings. The van der Waals surface area contributed by atoms with E-state index in [-0.39, 0.29) is 5.97 Å². The van der Waals surface area contributed by atoms with Crippen LogP contribution in [-0.4, -0.2) is 22.5 Å². The van der Waals surface area contributed by atoms with Crippen molar-refractivity contribution in [3.8, 4) is 0 Å². The molecule has 5 heteroatoms. The molecule has 0 atom stereocenters. The monoisotopic (exact) mass is 418 g/mol. The van der Waals surface area contributed by atoms with E-state index >= 15 is 0 Å². The molecule has 0 saturated heterocycles. The summed E-state index contributed by atoms with van der Waals surface area (Å²) in [5, 5.41) is 0. The van der Waals surface area contributed by atoms with Gasteiger partial charge in [0.2, 0.25) is 0 Å². The quantitative estimate of drug-likeness (QED) is 0.292. The van der Waals surface area contributed by atoms with Crippen LogP contribution in [0, 0.1) is 0 Å². The van der Waals surface area contributed by atoms with E-state index in [0.717, 1.165) is 12.8 Å². The fourth-order valence-corrected chi connectivity index (χ4v) is 8.71. The number of hydrogen-bond acceptors (Lipinski definition) is 2. The number of carbonyl (C=O) groups is 1. The molecule has 19 heavy (non-hydrogen) atoms. The first-order valence-corrected chi connectivity index (χ1v) is 18.0. The van der Waals surface area contributed by atoms with Gasteiger partial charge in [0.15, 0.2) is 0 Å². The van der Waals surface area contributed by atoms with Gasteiger partial charge in [0.05, 0.1) is 0 Å². The zero-order valence-corrected chi connectivity index (χ0v) is 16.7. The molecule has 0 unspecified atom stereocenters. The second kappa shape index (κ2) is 12.6. The van der Waals surface area contributed by atoms with Crippen molar-refractivity contribution in [2.45, 2.75) is 82.5 Å². The number of rotatable bonds is 12. The van der Waals surface area contributed by atoms with Gasteiger partial charge in [-0.15, -0.1) is 0 Å². The molecule has 0 aromatic rings. The molecule has 0 heterocycles. The van der Waals surface area contributed by atoms with E-state index in [1.165, 1.54) is 58.3 Å². The van der Waals surface area contributed by atoms with Crippen molar-refractivity contribution in [2.75, 3.05) is 0 Å². The van der Waals surface area contributed by atoms with Crippen molar-refractivity contribution < 1.29 is 7.87 Å². The van der Waals surface area contributed by atoms with E-state index in [1.54, 1.807) is 0 Å². The van der Waals surface area contributed by atoms with Crippen LogP contribution in [-0.2, 0) is 7.87 Å². The van der Waals surface area contributed by atoms with Gasteiger partial charge in [0.25, 0.3) is 0 Å². The summed E-state index contributed by atoms with van der Waals surface area (Å²) in [6.07, 6.45) is 12.8. The molecule has 0 N–H and O–H groups in total. The third kappa shape index (κ3) is 15.1. The zero-order valence-electron chi connectivity index (χ0n) is 12.4. The average molecular weight is 418 g/mol. The van der Waals surface area contributed by atoms with Crippen LogP contribution in [0.15, 0.2) is 0 Å². The molecule has 0 spiro atoms. The number of hydrogen-bond donors (Lipinski definition) is 0. The second-order valence-corrected chi connectivity index (χ2v) is 20.3. The Morgan fingerprint density at radius 2 is 1.32 bits per heavy atom. The minimum atomic E-state index is -3.49. The van der Waals surface area contributed by atoms with Gasteiger partial charge in [-0.25, -0.2) is 0 Å². The van der Waals surface area contributed by atoms with Crippen molar-refractivity contribution in [3.63, 3.8) is 0 Å². The summed E-state index contributed by atoms with van der Waals surface area (Å²) in [5.74, 6) is -0.340. The molecule has 0 rings (SSSR count). The SMILES string of the molecule is CCCCCCCCCCC[CH2][Sn]([Cl])([Cl])[O]C(C)=O. The molecular formula is C14H28Cl2O2Sn. The summed E-state index contributed by atoms with van der Waals surface area (Å²) in [6, 6.07) is 0. The summed E-state index contributed by atoms with van der Waals surface area (Å²) < 4.78 is 5.74. The number of unbranched alkanes of at least 4 members (excludes halogenated alkanes) is 9. The molecule has 0 bridgehead atoms. The zero-order chi connectivity index (χ0) is 14.6. The van der Waals surface area contributed by atoms with Crippen LogP contribution >= 0.6 is 17.8 Å². The van der Waals surface area contributed by atoms with E-state index in [4.69, 9.17) is 20.9 Å². The fraction of sp³-hybridized carbons (Fsp3) is 0.929. The van der Waals surface area contributed by atoms with Crippen molar-refractivity contribution in [3.05, 3.63) is 0 Å². The maximum atomic E-state index is 10.8. The van der Waals surface area contributed by atoms with Crippen LogP contribution in [0.2, 0.25) is 4.44 Å². The third-order valence-electron chi connectivity index (χ3n) is 3.11. The summed E-state index contributed by atoms with van der Waals surface area (Å²) >= 11 is -3.49. The van der Waals surface area contributed by atoms with E-state index in [9.17, 15) is 4.79 Å². The maximum absolute atomic E-state index is 10.8. The second-order valence-electron chi connectivity index (χ2n) is 5.16. The van der Waals surface area contributed by atoms with Gasteiger partial charge in [-0.05, 0) is 0 Å². The molecule has 0 saturated carbocycles. The number of carbonyl (C=O) groups excluding carboxylic acids is 1. The molecule has 0 aromatic carbocycles. The standard InChI is InChI=1S/C12H25.C2H4O2.2ClH.Sn/c1-3-5-7-9-11-12-10-8-6-4-2;1-2(3)4;;;/h1,3-12H2,2H3;1H3,(H,3,4);2*1H;/q;;;;+3/p-3. The minimum absolute atomic E-state index is 0.340. The van der Waals surface area contributed by atoms with Gasteiger partial charge in [0, 0.05) is 0 Å². The van der Waals surface area contributed by atoms with E-state index in [2.05, 4.69) is 6.92 Å². The molecule has 2 nitrogen and oxygen atoms in total. The van der Waals surface area contributed by atoms with Gasteiger partial charge >= 0.3 is 131 Å². The van der Waals surface area contributed by atoms with Crippen LogP contribution in [0.4, 0.5) is 0 Å². The van der Waals surface area contributed by atoms with Crippen molar-refractivity contribution in [2.24, 2.45) is 0 Å². The van der Waals surface area contributed by atoms with E-state index in [1.807, 2.05) is 0 Å². The summed E-state index contributed by atoms with van der Waals surface area (Å²) in [5.41, 5.74) is 0. The third-order valence-corrected chi connectivity index (χ3v) is 11.0. The predicted octanol–water partition coefficient (Wildman–Crippen LogP) is 5.89. The van der Waals surface area contributed by atoms with Gasteiger partial charge in [-0.2, -0.15) is 0 Å². The van der Waals surface area contributed by atoms with Crippen LogP contribution in [0.5, 0.6) is 0 Å². The van der Waals surface area contributed by atoms with Crippen molar-refractivity contribution in [1.82, 2.24) is 0 Å². The molecule has 0 aliphatic heterocycles. The average Bonchev–Trinajstić information content (AvgIpc) is 2.30. The van der Waals surface area contributed by atoms with Gasteiger partial charge < -0.3 is 0 Å². The summed E-state index contributed by atoms with van der Waals surface area (Å²) in [7, 11) is 12.1. The van der Waals surface area contributed by atoms with Crippen molar-refractivity contribution in [1.29, 1.82) is 0 Å². The number of halogens is 2. The molecule has 0 aromatic heterocycles. The Labute approximate surface area is 130 Å². The molecule has 0 aliphatic rings. The van der Waals surface area contributed by atoms with Crippen LogP contribution in [0.25, 0.3) is 0 Å². The molecule has 114 valence electrons. The molecular weight excluding hydrogens is 390 g/mol. The van der Waals surface area contributed by atoms with Gasteiger partial charge in [-0.3, -0.25) is 0 Å². The summed E-state index contributed by atoms with van der Waals surface area (Å²) in [4.78, 5) is 10.8. The van der Waals surface area contributed by atoms with Crippen molar-refractivity contribution >= 4 is 40.3 Å². The summed E-state index contributed by atoms with van der Waals surface area (Å²) in [6.45, 7) is 3.61.